The van der Waals surface area contributed by atoms with Gasteiger partial charge >= 0.3 is 0 Å². The van der Waals surface area contributed by atoms with Crippen LogP contribution in [-0.4, -0.2) is 26.2 Å². The van der Waals surface area contributed by atoms with Gasteiger partial charge < -0.3 is 20.1 Å². The van der Waals surface area contributed by atoms with E-state index in [4.69, 9.17) is 9.47 Å². The van der Waals surface area contributed by atoms with Crippen LogP contribution in [-0.2, 0) is 4.79 Å². The largest absolute Gasteiger partial charge is 0.493 e. The number of anilines is 1. The van der Waals surface area contributed by atoms with Crippen molar-refractivity contribution >= 4 is 11.6 Å². The Kier molecular flexibility index (Phi) is 5.07. The number of amides is 1. The van der Waals surface area contributed by atoms with Gasteiger partial charge in [-0.1, -0.05) is 12.1 Å². The Balaban J connectivity index is 1.86. The molecule has 0 radical (unpaired) electrons. The molecule has 0 aromatic heterocycles. The number of carbonyl (C=O) groups is 1. The van der Waals surface area contributed by atoms with E-state index >= 15 is 0 Å². The molecule has 1 fully saturated rings. The van der Waals surface area contributed by atoms with Crippen LogP contribution < -0.4 is 20.1 Å². The summed E-state index contributed by atoms with van der Waals surface area (Å²) in [7, 11) is 3.12. The fraction of sp³-hybridized carbons (Fsp3) is 0.316. The standard InChI is InChI=1S/C19H21FN2O3/c1-24-16-10-9-15(11-17(16)25-2)21-18(19(23)22-14-7-8-14)12-3-5-13(20)6-4-12/h3-6,9-11,14,18,21H,7-8H2,1-2H3,(H,22,23). The first-order valence-corrected chi connectivity index (χ1v) is 8.15. The van der Waals surface area contributed by atoms with Crippen molar-refractivity contribution in [3.63, 3.8) is 0 Å². The molecule has 1 atom stereocenters. The summed E-state index contributed by atoms with van der Waals surface area (Å²) in [6, 6.07) is 10.9. The summed E-state index contributed by atoms with van der Waals surface area (Å²) in [5.74, 6) is 0.696. The van der Waals surface area contributed by atoms with Gasteiger partial charge in [0.05, 0.1) is 14.2 Å². The normalized spacial score (nSPS) is 14.5. The number of hydrogen-bond donors (Lipinski definition) is 2. The number of nitrogens with one attached hydrogen (secondary N) is 2. The van der Waals surface area contributed by atoms with E-state index < -0.39 is 6.04 Å². The van der Waals surface area contributed by atoms with Crippen molar-refractivity contribution in [2.75, 3.05) is 19.5 Å². The second-order valence-corrected chi connectivity index (χ2v) is 5.98. The second-order valence-electron chi connectivity index (χ2n) is 5.98. The van der Waals surface area contributed by atoms with Crippen LogP contribution in [0.15, 0.2) is 42.5 Å². The molecule has 2 aromatic rings. The Labute approximate surface area is 146 Å². The van der Waals surface area contributed by atoms with Gasteiger partial charge in [-0.15, -0.1) is 0 Å². The zero-order chi connectivity index (χ0) is 17.8. The van der Waals surface area contributed by atoms with Gasteiger partial charge in [0.25, 0.3) is 0 Å². The average molecular weight is 344 g/mol. The molecule has 5 nitrogen and oxygen atoms in total. The Hall–Kier alpha value is -2.76. The molecule has 2 N–H and O–H groups in total. The van der Waals surface area contributed by atoms with Crippen LogP contribution in [0.2, 0.25) is 0 Å². The van der Waals surface area contributed by atoms with Crippen molar-refractivity contribution in [1.29, 1.82) is 0 Å². The molecule has 0 aliphatic heterocycles. The highest BCUT2D eigenvalue weighted by molar-refractivity contribution is 5.86. The fourth-order valence-electron chi connectivity index (χ4n) is 2.56. The summed E-state index contributed by atoms with van der Waals surface area (Å²) in [6.07, 6.45) is 2.00. The second kappa shape index (κ2) is 7.42. The minimum absolute atomic E-state index is 0.135. The van der Waals surface area contributed by atoms with Gasteiger partial charge in [-0.2, -0.15) is 0 Å². The topological polar surface area (TPSA) is 59.6 Å². The van der Waals surface area contributed by atoms with E-state index in [9.17, 15) is 9.18 Å². The lowest BCUT2D eigenvalue weighted by atomic mass is 10.1. The van der Waals surface area contributed by atoms with E-state index in [1.807, 2.05) is 6.07 Å². The SMILES string of the molecule is COc1ccc(NC(C(=O)NC2CC2)c2ccc(F)cc2)cc1OC. The van der Waals surface area contributed by atoms with Gasteiger partial charge in [0.15, 0.2) is 11.5 Å². The highest BCUT2D eigenvalue weighted by Crippen LogP contribution is 2.32. The predicted octanol–water partition coefficient (Wildman–Crippen LogP) is 3.27. The van der Waals surface area contributed by atoms with Gasteiger partial charge in [0.1, 0.15) is 11.9 Å². The smallest absolute Gasteiger partial charge is 0.247 e. The maximum atomic E-state index is 13.2. The number of hydrogen-bond acceptors (Lipinski definition) is 4. The monoisotopic (exact) mass is 344 g/mol. The zero-order valence-electron chi connectivity index (χ0n) is 14.2. The van der Waals surface area contributed by atoms with Crippen LogP contribution in [0.3, 0.4) is 0 Å². The molecular formula is C19H21FN2O3. The first kappa shape index (κ1) is 17.1. The van der Waals surface area contributed by atoms with E-state index in [-0.39, 0.29) is 17.8 Å². The van der Waals surface area contributed by atoms with Crippen molar-refractivity contribution in [1.82, 2.24) is 5.32 Å². The van der Waals surface area contributed by atoms with E-state index in [2.05, 4.69) is 10.6 Å². The molecule has 1 amide bonds. The molecular weight excluding hydrogens is 323 g/mol. The van der Waals surface area contributed by atoms with Crippen LogP contribution in [0.5, 0.6) is 11.5 Å². The molecule has 6 heteroatoms. The third kappa shape index (κ3) is 4.21. The van der Waals surface area contributed by atoms with E-state index in [0.717, 1.165) is 12.8 Å². The number of halogens is 1. The molecule has 25 heavy (non-hydrogen) atoms. The Morgan fingerprint density at radius 3 is 2.36 bits per heavy atom. The van der Waals surface area contributed by atoms with E-state index in [1.165, 1.54) is 12.1 Å². The van der Waals surface area contributed by atoms with Gasteiger partial charge in [-0.3, -0.25) is 4.79 Å². The first-order chi connectivity index (χ1) is 12.1. The number of ether oxygens (including phenoxy) is 2. The highest BCUT2D eigenvalue weighted by Gasteiger charge is 2.28. The average Bonchev–Trinajstić information content (AvgIpc) is 3.44. The molecule has 1 saturated carbocycles. The Morgan fingerprint density at radius 2 is 1.76 bits per heavy atom. The highest BCUT2D eigenvalue weighted by atomic mass is 19.1. The molecule has 3 rings (SSSR count). The minimum Gasteiger partial charge on any atom is -0.493 e. The summed E-state index contributed by atoms with van der Waals surface area (Å²) >= 11 is 0. The number of carbonyl (C=O) groups excluding carboxylic acids is 1. The lowest BCUT2D eigenvalue weighted by molar-refractivity contribution is -0.122. The molecule has 132 valence electrons. The van der Waals surface area contributed by atoms with Crippen LogP contribution in [0.4, 0.5) is 10.1 Å². The molecule has 0 spiro atoms. The van der Waals surface area contributed by atoms with Crippen molar-refractivity contribution in [2.24, 2.45) is 0 Å². The van der Waals surface area contributed by atoms with Crippen molar-refractivity contribution in [2.45, 2.75) is 24.9 Å². The minimum atomic E-state index is -0.626. The summed E-state index contributed by atoms with van der Waals surface area (Å²) in [6.45, 7) is 0. The molecule has 0 saturated heterocycles. The number of rotatable bonds is 7. The lowest BCUT2D eigenvalue weighted by Gasteiger charge is -2.21. The maximum Gasteiger partial charge on any atom is 0.247 e. The summed E-state index contributed by atoms with van der Waals surface area (Å²) in [4.78, 5) is 12.6. The third-order valence-electron chi connectivity index (χ3n) is 4.08. The van der Waals surface area contributed by atoms with Gasteiger partial charge in [-0.25, -0.2) is 4.39 Å². The summed E-state index contributed by atoms with van der Waals surface area (Å²) in [5, 5.41) is 6.19. The van der Waals surface area contributed by atoms with Crippen LogP contribution in [0, 0.1) is 5.82 Å². The van der Waals surface area contributed by atoms with Crippen molar-refractivity contribution in [3.05, 3.63) is 53.8 Å². The molecule has 0 bridgehead atoms. The maximum absolute atomic E-state index is 13.2. The van der Waals surface area contributed by atoms with Crippen LogP contribution in [0.1, 0.15) is 24.4 Å². The molecule has 1 unspecified atom stereocenters. The van der Waals surface area contributed by atoms with Crippen LogP contribution in [0.25, 0.3) is 0 Å². The zero-order valence-corrected chi connectivity index (χ0v) is 14.2. The first-order valence-electron chi connectivity index (χ1n) is 8.15. The Morgan fingerprint density at radius 1 is 1.08 bits per heavy atom. The molecule has 2 aromatic carbocycles. The van der Waals surface area contributed by atoms with Crippen molar-refractivity contribution < 1.29 is 18.7 Å². The molecule has 1 aliphatic carbocycles. The van der Waals surface area contributed by atoms with Gasteiger partial charge in [-0.05, 0) is 42.7 Å². The summed E-state index contributed by atoms with van der Waals surface area (Å²) in [5.41, 5.74) is 1.40. The Bertz CT molecular complexity index is 745. The fourth-order valence-corrected chi connectivity index (χ4v) is 2.56. The van der Waals surface area contributed by atoms with Gasteiger partial charge in [0, 0.05) is 17.8 Å². The summed E-state index contributed by atoms with van der Waals surface area (Å²) < 4.78 is 23.8. The quantitative estimate of drug-likeness (QED) is 0.809. The van der Waals surface area contributed by atoms with Crippen molar-refractivity contribution in [3.8, 4) is 11.5 Å². The lowest BCUT2D eigenvalue weighted by Crippen LogP contribution is -2.34. The number of methoxy groups -OCH3 is 2. The van der Waals surface area contributed by atoms with Crippen LogP contribution >= 0.6 is 0 Å². The molecule has 1 aliphatic rings. The van der Waals surface area contributed by atoms with E-state index in [0.29, 0.717) is 22.7 Å². The predicted molar refractivity (Wildman–Crippen MR) is 93.5 cm³/mol. The van der Waals surface area contributed by atoms with Gasteiger partial charge in [0.2, 0.25) is 5.91 Å². The van der Waals surface area contributed by atoms with E-state index in [1.54, 1.807) is 38.5 Å². The number of benzene rings is 2. The third-order valence-corrected chi connectivity index (χ3v) is 4.08. The molecule has 0 heterocycles.